The van der Waals surface area contributed by atoms with Gasteiger partial charge < -0.3 is 9.05 Å². The van der Waals surface area contributed by atoms with Crippen LogP contribution < -0.4 is 9.05 Å². The van der Waals surface area contributed by atoms with E-state index in [-0.39, 0.29) is 0 Å². The van der Waals surface area contributed by atoms with E-state index >= 15 is 0 Å². The fourth-order valence-electron chi connectivity index (χ4n) is 2.28. The van der Waals surface area contributed by atoms with Gasteiger partial charge in [-0.1, -0.05) is 61.5 Å². The van der Waals surface area contributed by atoms with E-state index in [1.807, 2.05) is 79.7 Å². The number of hydrogen-bond donors (Lipinski definition) is 0. The van der Waals surface area contributed by atoms with Crippen LogP contribution in [0.5, 0.6) is 11.5 Å². The zero-order valence-corrected chi connectivity index (χ0v) is 15.6. The molecule has 0 saturated carbocycles. The molecule has 0 aliphatic rings. The topological polar surface area (TPSA) is 35.5 Å². The highest BCUT2D eigenvalue weighted by molar-refractivity contribution is 8.55. The lowest BCUT2D eigenvalue weighted by atomic mass is 10.1. The number of para-hydroxylation sites is 2. The molecule has 3 rings (SSSR count). The van der Waals surface area contributed by atoms with Gasteiger partial charge in [-0.25, -0.2) is 4.57 Å². The Morgan fingerprint density at radius 3 is 2.08 bits per heavy atom. The maximum atomic E-state index is 13.5. The van der Waals surface area contributed by atoms with E-state index in [1.165, 1.54) is 0 Å². The van der Waals surface area contributed by atoms with E-state index < -0.39 is 6.80 Å². The van der Waals surface area contributed by atoms with E-state index in [0.717, 1.165) is 28.3 Å². The number of aryl methyl sites for hydroxylation is 1. The minimum Gasteiger partial charge on any atom is -0.408 e. The first-order chi connectivity index (χ1) is 12.2. The van der Waals surface area contributed by atoms with E-state index in [1.54, 1.807) is 12.1 Å². The van der Waals surface area contributed by atoms with Crippen LogP contribution in [0.2, 0.25) is 0 Å². The van der Waals surface area contributed by atoms with Gasteiger partial charge in [-0.3, -0.25) is 0 Å². The summed E-state index contributed by atoms with van der Waals surface area (Å²) < 4.78 is 25.2. The van der Waals surface area contributed by atoms with Crippen LogP contribution in [0.25, 0.3) is 0 Å². The molecular formula is C20H19O3PS. The molecule has 0 N–H and O–H groups in total. The molecule has 0 amide bonds. The normalized spacial score (nSPS) is 13.0. The molecule has 3 aromatic rings. The quantitative estimate of drug-likeness (QED) is 0.439. The molecule has 0 aliphatic carbocycles. The van der Waals surface area contributed by atoms with Gasteiger partial charge in [0.15, 0.2) is 0 Å². The standard InChI is InChI=1S/C20H19O3PS/c1-2-17-11-9-10-16-20(17)23-24(21,22-18-12-5-3-6-13-18)25-19-14-7-4-8-15-19/h3-16H,2H2,1H3. The monoisotopic (exact) mass is 370 g/mol. The smallest absolute Gasteiger partial charge is 0.408 e. The van der Waals surface area contributed by atoms with Gasteiger partial charge >= 0.3 is 6.80 Å². The summed E-state index contributed by atoms with van der Waals surface area (Å²) >= 11 is 1.11. The number of rotatable bonds is 7. The van der Waals surface area contributed by atoms with Crippen molar-refractivity contribution in [2.45, 2.75) is 18.2 Å². The molecule has 3 aromatic carbocycles. The van der Waals surface area contributed by atoms with Crippen LogP contribution in [0.1, 0.15) is 12.5 Å². The predicted octanol–water partition coefficient (Wildman–Crippen LogP) is 6.61. The summed E-state index contributed by atoms with van der Waals surface area (Å²) in [4.78, 5) is 0.829. The van der Waals surface area contributed by atoms with Gasteiger partial charge in [0.05, 0.1) is 0 Å². The first kappa shape index (κ1) is 17.7. The first-order valence-electron chi connectivity index (χ1n) is 8.05. The average Bonchev–Trinajstić information content (AvgIpc) is 2.63. The molecule has 1 unspecified atom stereocenters. The fraction of sp³-hybridized carbons (Fsp3) is 0.100. The molecule has 3 nitrogen and oxygen atoms in total. The maximum Gasteiger partial charge on any atom is 0.497 e. The summed E-state index contributed by atoms with van der Waals surface area (Å²) in [6, 6.07) is 26.2. The Balaban J connectivity index is 1.92. The van der Waals surface area contributed by atoms with Crippen LogP contribution in [-0.2, 0) is 11.0 Å². The van der Waals surface area contributed by atoms with Gasteiger partial charge in [-0.2, -0.15) is 0 Å². The second-order valence-electron chi connectivity index (χ2n) is 5.31. The number of hydrogen-bond acceptors (Lipinski definition) is 4. The first-order valence-corrected chi connectivity index (χ1v) is 11.0. The third-order valence-electron chi connectivity index (χ3n) is 3.48. The van der Waals surface area contributed by atoms with Gasteiger partial charge in [0.2, 0.25) is 0 Å². The van der Waals surface area contributed by atoms with E-state index in [0.29, 0.717) is 11.5 Å². The molecule has 0 radical (unpaired) electrons. The van der Waals surface area contributed by atoms with Crippen molar-refractivity contribution in [2.24, 2.45) is 0 Å². The largest absolute Gasteiger partial charge is 0.497 e. The molecule has 0 heterocycles. The minimum absolute atomic E-state index is 0.517. The third-order valence-corrected chi connectivity index (χ3v) is 6.80. The number of benzene rings is 3. The van der Waals surface area contributed by atoms with Crippen molar-refractivity contribution in [1.29, 1.82) is 0 Å². The van der Waals surface area contributed by atoms with Crippen molar-refractivity contribution in [3.05, 3.63) is 90.5 Å². The van der Waals surface area contributed by atoms with Crippen molar-refractivity contribution in [3.8, 4) is 11.5 Å². The molecule has 128 valence electrons. The molecule has 0 aromatic heterocycles. The molecule has 5 heteroatoms. The Kier molecular flexibility index (Phi) is 5.85. The van der Waals surface area contributed by atoms with Crippen LogP contribution in [0.3, 0.4) is 0 Å². The van der Waals surface area contributed by atoms with Gasteiger partial charge in [0.1, 0.15) is 11.5 Å². The van der Waals surface area contributed by atoms with Crippen LogP contribution >= 0.6 is 18.2 Å². The van der Waals surface area contributed by atoms with Gasteiger partial charge in [0, 0.05) is 16.3 Å². The van der Waals surface area contributed by atoms with Gasteiger partial charge in [-0.15, -0.1) is 0 Å². The van der Waals surface area contributed by atoms with E-state index in [4.69, 9.17) is 9.05 Å². The van der Waals surface area contributed by atoms with Crippen LogP contribution in [-0.4, -0.2) is 0 Å². The Morgan fingerprint density at radius 2 is 1.40 bits per heavy atom. The summed E-state index contributed by atoms with van der Waals surface area (Å²) in [7, 11) is 0. The minimum atomic E-state index is -3.51. The Hall–Kier alpha value is -2.16. The van der Waals surface area contributed by atoms with Gasteiger partial charge in [-0.05, 0) is 42.3 Å². The molecule has 0 bridgehead atoms. The zero-order chi connectivity index (χ0) is 17.5. The summed E-state index contributed by atoms with van der Waals surface area (Å²) in [5.74, 6) is 1.11. The van der Waals surface area contributed by atoms with E-state index in [9.17, 15) is 4.57 Å². The fourth-order valence-corrected chi connectivity index (χ4v) is 5.59. The average molecular weight is 370 g/mol. The van der Waals surface area contributed by atoms with Crippen LogP contribution in [0.4, 0.5) is 0 Å². The van der Waals surface area contributed by atoms with Crippen LogP contribution in [0.15, 0.2) is 89.8 Å². The highest BCUT2D eigenvalue weighted by atomic mass is 32.7. The molecule has 0 fully saturated rings. The molecule has 25 heavy (non-hydrogen) atoms. The third kappa shape index (κ3) is 4.91. The lowest BCUT2D eigenvalue weighted by molar-refractivity contribution is 0.406. The molecular weight excluding hydrogens is 351 g/mol. The second-order valence-corrected chi connectivity index (χ2v) is 9.11. The summed E-state index contributed by atoms with van der Waals surface area (Å²) in [5, 5.41) is 0. The van der Waals surface area contributed by atoms with Crippen molar-refractivity contribution in [1.82, 2.24) is 0 Å². The molecule has 0 spiro atoms. The second kappa shape index (κ2) is 8.28. The van der Waals surface area contributed by atoms with Crippen molar-refractivity contribution >= 4 is 18.2 Å². The van der Waals surface area contributed by atoms with Crippen molar-refractivity contribution < 1.29 is 13.6 Å². The lowest BCUT2D eigenvalue weighted by Crippen LogP contribution is -2.00. The lowest BCUT2D eigenvalue weighted by Gasteiger charge is -2.20. The Bertz CT molecular complexity index is 808. The summed E-state index contributed by atoms with van der Waals surface area (Å²) in [6.45, 7) is -1.47. The SMILES string of the molecule is CCc1ccccc1OP(=O)(Oc1ccccc1)Sc1ccccc1. The van der Waals surface area contributed by atoms with E-state index in [2.05, 4.69) is 0 Å². The Labute approximate surface area is 152 Å². The summed E-state index contributed by atoms with van der Waals surface area (Å²) in [5.41, 5.74) is 0.994. The van der Waals surface area contributed by atoms with Gasteiger partial charge in [0.25, 0.3) is 0 Å². The molecule has 0 saturated heterocycles. The zero-order valence-electron chi connectivity index (χ0n) is 13.9. The Morgan fingerprint density at radius 1 is 0.800 bits per heavy atom. The van der Waals surface area contributed by atoms with Crippen molar-refractivity contribution in [2.75, 3.05) is 0 Å². The maximum absolute atomic E-state index is 13.5. The summed E-state index contributed by atoms with van der Waals surface area (Å²) in [6.07, 6.45) is 0.789. The highest BCUT2D eigenvalue weighted by Crippen LogP contribution is 2.62. The van der Waals surface area contributed by atoms with Crippen LogP contribution in [0, 0.1) is 0 Å². The van der Waals surface area contributed by atoms with Crippen molar-refractivity contribution in [3.63, 3.8) is 0 Å². The predicted molar refractivity (Wildman–Crippen MR) is 103 cm³/mol. The highest BCUT2D eigenvalue weighted by Gasteiger charge is 2.31. The molecule has 1 atom stereocenters. The molecule has 0 aliphatic heterocycles.